The highest BCUT2D eigenvalue weighted by Crippen LogP contribution is 2.34. The molecule has 0 spiro atoms. The minimum absolute atomic E-state index is 0.161. The highest BCUT2D eigenvalue weighted by atomic mass is 16.7. The number of hydrogen-bond donors (Lipinski definition) is 1. The Hall–Kier alpha value is -3.28. The lowest BCUT2D eigenvalue weighted by atomic mass is 10.1. The standard InChI is InChI=1S/C20H19NO5/c1-13-3-5-15(6-4-13)7-10-19(22)26-14(2)20(23)21-16-8-9-17-18(11-16)25-12-24-17/h3-11,14H,12H2,1-2H3,(H,21,23)/b10-7+/t14-/m1/s1. The Kier molecular flexibility index (Phi) is 5.22. The number of amides is 1. The molecular weight excluding hydrogens is 334 g/mol. The normalized spacial score (nSPS) is 13.5. The van der Waals surface area contributed by atoms with Gasteiger partial charge in [-0.25, -0.2) is 4.79 Å². The molecule has 0 aliphatic carbocycles. The first kappa shape index (κ1) is 17.5. The Labute approximate surface area is 151 Å². The van der Waals surface area contributed by atoms with Crippen LogP contribution in [-0.4, -0.2) is 24.8 Å². The molecule has 2 aromatic carbocycles. The van der Waals surface area contributed by atoms with Crippen molar-refractivity contribution < 1.29 is 23.8 Å². The van der Waals surface area contributed by atoms with Crippen molar-refractivity contribution in [2.45, 2.75) is 20.0 Å². The number of aryl methyl sites for hydroxylation is 1. The molecule has 0 bridgehead atoms. The van der Waals surface area contributed by atoms with Gasteiger partial charge in [0.05, 0.1) is 0 Å². The Morgan fingerprint density at radius 1 is 1.12 bits per heavy atom. The molecule has 0 radical (unpaired) electrons. The highest BCUT2D eigenvalue weighted by molar-refractivity contribution is 5.96. The first-order valence-corrected chi connectivity index (χ1v) is 8.17. The fraction of sp³-hybridized carbons (Fsp3) is 0.200. The first-order chi connectivity index (χ1) is 12.5. The van der Waals surface area contributed by atoms with E-state index in [2.05, 4.69) is 5.32 Å². The average Bonchev–Trinajstić information content (AvgIpc) is 3.09. The molecule has 1 atom stereocenters. The van der Waals surface area contributed by atoms with E-state index in [1.165, 1.54) is 13.0 Å². The van der Waals surface area contributed by atoms with Crippen molar-refractivity contribution in [3.8, 4) is 11.5 Å². The van der Waals surface area contributed by atoms with Crippen molar-refractivity contribution >= 4 is 23.6 Å². The van der Waals surface area contributed by atoms with Crippen molar-refractivity contribution in [1.82, 2.24) is 0 Å². The van der Waals surface area contributed by atoms with E-state index >= 15 is 0 Å². The lowest BCUT2D eigenvalue weighted by molar-refractivity contribution is -0.148. The number of nitrogens with one attached hydrogen (secondary N) is 1. The molecule has 1 aliphatic heterocycles. The second-order valence-corrected chi connectivity index (χ2v) is 5.88. The molecule has 0 saturated carbocycles. The summed E-state index contributed by atoms with van der Waals surface area (Å²) in [6.45, 7) is 3.66. The van der Waals surface area contributed by atoms with Crippen LogP contribution in [0.15, 0.2) is 48.5 Å². The molecule has 26 heavy (non-hydrogen) atoms. The fourth-order valence-electron chi connectivity index (χ4n) is 2.33. The Balaban J connectivity index is 1.53. The molecule has 0 saturated heterocycles. The average molecular weight is 353 g/mol. The smallest absolute Gasteiger partial charge is 0.331 e. The third-order valence-electron chi connectivity index (χ3n) is 3.79. The van der Waals surface area contributed by atoms with E-state index in [1.807, 2.05) is 31.2 Å². The van der Waals surface area contributed by atoms with Crippen molar-refractivity contribution in [3.05, 3.63) is 59.7 Å². The van der Waals surface area contributed by atoms with Gasteiger partial charge >= 0.3 is 5.97 Å². The van der Waals surface area contributed by atoms with E-state index < -0.39 is 18.0 Å². The minimum Gasteiger partial charge on any atom is -0.454 e. The summed E-state index contributed by atoms with van der Waals surface area (Å²) in [6, 6.07) is 12.8. The van der Waals surface area contributed by atoms with Gasteiger partial charge in [-0.15, -0.1) is 0 Å². The van der Waals surface area contributed by atoms with Crippen molar-refractivity contribution in [3.63, 3.8) is 0 Å². The number of carbonyl (C=O) groups excluding carboxylic acids is 2. The topological polar surface area (TPSA) is 73.9 Å². The van der Waals surface area contributed by atoms with Crippen LogP contribution < -0.4 is 14.8 Å². The van der Waals surface area contributed by atoms with Crippen LogP contribution in [0.3, 0.4) is 0 Å². The monoisotopic (exact) mass is 353 g/mol. The maximum absolute atomic E-state index is 12.2. The number of rotatable bonds is 5. The third-order valence-corrected chi connectivity index (χ3v) is 3.79. The van der Waals surface area contributed by atoms with E-state index in [1.54, 1.807) is 24.3 Å². The summed E-state index contributed by atoms with van der Waals surface area (Å²) in [7, 11) is 0. The molecule has 134 valence electrons. The lowest BCUT2D eigenvalue weighted by Gasteiger charge is -2.12. The Bertz CT molecular complexity index is 842. The Morgan fingerprint density at radius 3 is 2.62 bits per heavy atom. The second-order valence-electron chi connectivity index (χ2n) is 5.88. The lowest BCUT2D eigenvalue weighted by Crippen LogP contribution is -2.29. The van der Waals surface area contributed by atoms with Gasteiger partial charge in [-0.1, -0.05) is 29.8 Å². The summed E-state index contributed by atoms with van der Waals surface area (Å²) in [5.74, 6) is 0.178. The molecule has 6 nitrogen and oxygen atoms in total. The van der Waals surface area contributed by atoms with Crippen LogP contribution >= 0.6 is 0 Å². The van der Waals surface area contributed by atoms with Crippen LogP contribution in [0.1, 0.15) is 18.1 Å². The van der Waals surface area contributed by atoms with Crippen molar-refractivity contribution in [1.29, 1.82) is 0 Å². The van der Waals surface area contributed by atoms with E-state index in [0.29, 0.717) is 17.2 Å². The molecule has 2 aromatic rings. The number of ether oxygens (including phenoxy) is 3. The van der Waals surface area contributed by atoms with Gasteiger partial charge in [-0.3, -0.25) is 4.79 Å². The zero-order chi connectivity index (χ0) is 18.5. The van der Waals surface area contributed by atoms with Crippen LogP contribution in [-0.2, 0) is 14.3 Å². The fourth-order valence-corrected chi connectivity index (χ4v) is 2.33. The highest BCUT2D eigenvalue weighted by Gasteiger charge is 2.19. The molecule has 3 rings (SSSR count). The van der Waals surface area contributed by atoms with E-state index in [4.69, 9.17) is 14.2 Å². The second kappa shape index (κ2) is 7.74. The predicted molar refractivity (Wildman–Crippen MR) is 97.0 cm³/mol. The van der Waals surface area contributed by atoms with Gasteiger partial charge in [-0.05, 0) is 37.6 Å². The van der Waals surface area contributed by atoms with Gasteiger partial charge in [0.15, 0.2) is 17.6 Å². The number of carbonyl (C=O) groups is 2. The number of hydrogen-bond acceptors (Lipinski definition) is 5. The van der Waals surface area contributed by atoms with Crippen LogP contribution in [0.4, 0.5) is 5.69 Å². The number of esters is 1. The molecule has 0 aromatic heterocycles. The van der Waals surface area contributed by atoms with Gasteiger partial charge in [0.1, 0.15) is 0 Å². The quantitative estimate of drug-likeness (QED) is 0.659. The molecule has 0 fully saturated rings. The summed E-state index contributed by atoms with van der Waals surface area (Å²) in [5.41, 5.74) is 2.56. The van der Waals surface area contributed by atoms with Crippen molar-refractivity contribution in [2.24, 2.45) is 0 Å². The van der Waals surface area contributed by atoms with Crippen LogP contribution in [0.5, 0.6) is 11.5 Å². The number of fused-ring (bicyclic) bond motifs is 1. The van der Waals surface area contributed by atoms with Crippen molar-refractivity contribution in [2.75, 3.05) is 12.1 Å². The number of benzene rings is 2. The Morgan fingerprint density at radius 2 is 1.85 bits per heavy atom. The summed E-state index contributed by atoms with van der Waals surface area (Å²) in [6.07, 6.45) is 2.01. The van der Waals surface area contributed by atoms with Gasteiger partial charge in [0, 0.05) is 17.8 Å². The molecule has 0 unspecified atom stereocenters. The molecule has 1 amide bonds. The van der Waals surface area contributed by atoms with Gasteiger partial charge in [0.25, 0.3) is 5.91 Å². The summed E-state index contributed by atoms with van der Waals surface area (Å²) in [4.78, 5) is 24.1. The predicted octanol–water partition coefficient (Wildman–Crippen LogP) is 3.31. The molecule has 1 N–H and O–H groups in total. The molecule has 1 aliphatic rings. The molecule has 6 heteroatoms. The van der Waals surface area contributed by atoms with Gasteiger partial charge in [0.2, 0.25) is 6.79 Å². The maximum Gasteiger partial charge on any atom is 0.331 e. The third kappa shape index (κ3) is 4.42. The van der Waals surface area contributed by atoms with E-state index in [0.717, 1.165) is 11.1 Å². The molecule has 1 heterocycles. The number of anilines is 1. The SMILES string of the molecule is Cc1ccc(/C=C/C(=O)O[C@H](C)C(=O)Nc2ccc3c(c2)OCO3)cc1. The summed E-state index contributed by atoms with van der Waals surface area (Å²) >= 11 is 0. The van der Waals surface area contributed by atoms with Crippen LogP contribution in [0.25, 0.3) is 6.08 Å². The summed E-state index contributed by atoms with van der Waals surface area (Å²) < 4.78 is 15.6. The molecular formula is C20H19NO5. The minimum atomic E-state index is -0.935. The largest absolute Gasteiger partial charge is 0.454 e. The van der Waals surface area contributed by atoms with Crippen LogP contribution in [0.2, 0.25) is 0 Å². The van der Waals surface area contributed by atoms with E-state index in [-0.39, 0.29) is 6.79 Å². The first-order valence-electron chi connectivity index (χ1n) is 8.17. The maximum atomic E-state index is 12.2. The van der Waals surface area contributed by atoms with Gasteiger partial charge in [-0.2, -0.15) is 0 Å². The zero-order valence-electron chi connectivity index (χ0n) is 14.5. The van der Waals surface area contributed by atoms with Crippen LogP contribution in [0, 0.1) is 6.92 Å². The van der Waals surface area contributed by atoms with Gasteiger partial charge < -0.3 is 19.5 Å². The summed E-state index contributed by atoms with van der Waals surface area (Å²) in [5, 5.41) is 2.68. The van der Waals surface area contributed by atoms with E-state index in [9.17, 15) is 9.59 Å². The zero-order valence-corrected chi connectivity index (χ0v) is 14.5.